The predicted molar refractivity (Wildman–Crippen MR) is 137 cm³/mol. The zero-order chi connectivity index (χ0) is 24.5. The highest BCUT2D eigenvalue weighted by molar-refractivity contribution is 7.15. The van der Waals surface area contributed by atoms with Crippen molar-refractivity contribution < 1.29 is 9.59 Å². The van der Waals surface area contributed by atoms with Gasteiger partial charge in [0.15, 0.2) is 0 Å². The molecule has 182 valence electrons. The first-order valence-electron chi connectivity index (χ1n) is 11.4. The zero-order valence-corrected chi connectivity index (χ0v) is 20.9. The van der Waals surface area contributed by atoms with E-state index in [9.17, 15) is 9.59 Å². The Bertz CT molecular complexity index is 1190. The number of anilines is 2. The second-order valence-electron chi connectivity index (χ2n) is 8.14. The van der Waals surface area contributed by atoms with Crippen LogP contribution in [-0.2, 0) is 28.9 Å². The number of carbonyl (C=O) groups is 2. The third-order valence-electron chi connectivity index (χ3n) is 5.35. The molecule has 2 atom stereocenters. The van der Waals surface area contributed by atoms with Gasteiger partial charge in [0.1, 0.15) is 10.0 Å². The molecular formula is C23H26N8O2S2. The molecule has 0 spiro atoms. The number of unbranched alkanes of at least 4 members (excludes halogenated alkanes) is 1. The average Bonchev–Trinajstić information content (AvgIpc) is 3.48. The van der Waals surface area contributed by atoms with Crippen molar-refractivity contribution in [1.29, 1.82) is 0 Å². The Kier molecular flexibility index (Phi) is 8.74. The van der Waals surface area contributed by atoms with Gasteiger partial charge in [-0.2, -0.15) is 0 Å². The minimum absolute atomic E-state index is 0.0779. The summed E-state index contributed by atoms with van der Waals surface area (Å²) in [6, 6.07) is 3.76. The first-order chi connectivity index (χ1) is 17.0. The maximum atomic E-state index is 12.3. The summed E-state index contributed by atoms with van der Waals surface area (Å²) in [7, 11) is 0. The van der Waals surface area contributed by atoms with E-state index in [1.807, 2.05) is 25.1 Å². The van der Waals surface area contributed by atoms with Crippen molar-refractivity contribution in [3.05, 3.63) is 52.3 Å². The van der Waals surface area contributed by atoms with E-state index in [1.54, 1.807) is 24.7 Å². The van der Waals surface area contributed by atoms with Gasteiger partial charge in [-0.3, -0.25) is 19.6 Å². The van der Waals surface area contributed by atoms with E-state index in [0.717, 1.165) is 41.3 Å². The van der Waals surface area contributed by atoms with Crippen molar-refractivity contribution in [1.82, 2.24) is 25.4 Å². The van der Waals surface area contributed by atoms with Gasteiger partial charge < -0.3 is 10.6 Å². The van der Waals surface area contributed by atoms with Gasteiger partial charge in [0.05, 0.1) is 12.5 Å². The molecule has 1 aliphatic rings. The predicted octanol–water partition coefficient (Wildman–Crippen LogP) is 3.51. The quantitative estimate of drug-likeness (QED) is 0.377. The van der Waals surface area contributed by atoms with Crippen LogP contribution in [0, 0.1) is 5.92 Å². The second-order valence-corrected chi connectivity index (χ2v) is 10.3. The molecule has 35 heavy (non-hydrogen) atoms. The van der Waals surface area contributed by atoms with E-state index < -0.39 is 0 Å². The van der Waals surface area contributed by atoms with Crippen molar-refractivity contribution in [2.75, 3.05) is 10.6 Å². The van der Waals surface area contributed by atoms with Crippen molar-refractivity contribution in [2.45, 2.75) is 51.5 Å². The third kappa shape index (κ3) is 7.82. The molecule has 0 aliphatic carbocycles. The van der Waals surface area contributed by atoms with Gasteiger partial charge in [0.25, 0.3) is 0 Å². The van der Waals surface area contributed by atoms with Crippen molar-refractivity contribution >= 4 is 51.0 Å². The Morgan fingerprint density at radius 1 is 0.971 bits per heavy atom. The highest BCUT2D eigenvalue weighted by Crippen LogP contribution is 2.22. The summed E-state index contributed by atoms with van der Waals surface area (Å²) in [6.07, 6.45) is 13.0. The summed E-state index contributed by atoms with van der Waals surface area (Å²) in [6.45, 7) is 2.00. The monoisotopic (exact) mass is 510 g/mol. The summed E-state index contributed by atoms with van der Waals surface area (Å²) in [5, 5.41) is 24.9. The lowest BCUT2D eigenvalue weighted by molar-refractivity contribution is -0.117. The van der Waals surface area contributed by atoms with Crippen LogP contribution in [0.4, 0.5) is 10.3 Å². The molecule has 4 heterocycles. The normalized spacial score (nSPS) is 16.8. The van der Waals surface area contributed by atoms with Crippen LogP contribution in [0.5, 0.6) is 0 Å². The number of aromatic nitrogens is 5. The number of dihydropyridines is 1. The first-order valence-corrected chi connectivity index (χ1v) is 13.0. The molecule has 0 fully saturated rings. The first kappa shape index (κ1) is 24.7. The molecule has 10 nitrogen and oxygen atoms in total. The summed E-state index contributed by atoms with van der Waals surface area (Å²) < 4.78 is 0. The van der Waals surface area contributed by atoms with Gasteiger partial charge in [-0.15, -0.1) is 20.4 Å². The summed E-state index contributed by atoms with van der Waals surface area (Å²) in [5.74, 6) is -0.119. The molecule has 0 radical (unpaired) electrons. The lowest BCUT2D eigenvalue weighted by Gasteiger charge is -2.18. The maximum Gasteiger partial charge on any atom is 0.230 e. The lowest BCUT2D eigenvalue weighted by Crippen LogP contribution is -2.23. The van der Waals surface area contributed by atoms with Crippen molar-refractivity contribution in [2.24, 2.45) is 10.9 Å². The van der Waals surface area contributed by atoms with Crippen LogP contribution in [0.25, 0.3) is 0 Å². The van der Waals surface area contributed by atoms with Crippen LogP contribution >= 0.6 is 22.7 Å². The Labute approximate surface area is 211 Å². The highest BCUT2D eigenvalue weighted by Gasteiger charge is 2.19. The number of nitrogens with one attached hydrogen (secondary N) is 2. The minimum Gasteiger partial charge on any atom is -0.301 e. The molecule has 0 saturated heterocycles. The average molecular weight is 511 g/mol. The molecule has 2 N–H and O–H groups in total. The molecule has 0 aromatic carbocycles. The van der Waals surface area contributed by atoms with E-state index in [2.05, 4.69) is 41.0 Å². The molecule has 2 amide bonds. The summed E-state index contributed by atoms with van der Waals surface area (Å²) in [5.41, 5.74) is 0.847. The number of pyridine rings is 1. The topological polar surface area (TPSA) is 135 Å². The van der Waals surface area contributed by atoms with Gasteiger partial charge in [-0.25, -0.2) is 0 Å². The van der Waals surface area contributed by atoms with Crippen LogP contribution < -0.4 is 10.6 Å². The maximum absolute atomic E-state index is 12.3. The Morgan fingerprint density at radius 2 is 1.66 bits per heavy atom. The number of rotatable bonds is 11. The van der Waals surface area contributed by atoms with E-state index in [1.165, 1.54) is 22.7 Å². The molecule has 4 rings (SSSR count). The van der Waals surface area contributed by atoms with Gasteiger partial charge in [-0.1, -0.05) is 34.8 Å². The zero-order valence-electron chi connectivity index (χ0n) is 19.3. The van der Waals surface area contributed by atoms with Crippen molar-refractivity contribution in [3.8, 4) is 0 Å². The molecule has 3 aromatic rings. The number of hydrogen-bond donors (Lipinski definition) is 2. The number of amides is 2. The number of aliphatic imine (C=N–C) groups is 1. The fourth-order valence-electron chi connectivity index (χ4n) is 3.49. The molecule has 1 aliphatic heterocycles. The number of allylic oxidation sites excluding steroid dienone is 1. The van der Waals surface area contributed by atoms with E-state index >= 15 is 0 Å². The fraction of sp³-hybridized carbons (Fsp3) is 0.391. The van der Waals surface area contributed by atoms with Gasteiger partial charge >= 0.3 is 0 Å². The van der Waals surface area contributed by atoms with Gasteiger partial charge in [0.2, 0.25) is 22.1 Å². The number of hydrogen-bond acceptors (Lipinski definition) is 10. The minimum atomic E-state index is -0.141. The lowest BCUT2D eigenvalue weighted by atomic mass is 9.95. The van der Waals surface area contributed by atoms with Crippen LogP contribution in [-0.4, -0.2) is 49.4 Å². The van der Waals surface area contributed by atoms with E-state index in [0.29, 0.717) is 16.7 Å². The van der Waals surface area contributed by atoms with E-state index in [-0.39, 0.29) is 30.2 Å². The van der Waals surface area contributed by atoms with Gasteiger partial charge in [0, 0.05) is 43.8 Å². The number of aryl methyl sites for hydroxylation is 2. The molecule has 12 heteroatoms. The Hall–Kier alpha value is -3.38. The van der Waals surface area contributed by atoms with Crippen LogP contribution in [0.3, 0.4) is 0 Å². The number of nitrogens with zero attached hydrogens (tertiary/aromatic N) is 6. The molecule has 0 saturated carbocycles. The highest BCUT2D eigenvalue weighted by atomic mass is 32.1. The molecule has 2 unspecified atom stereocenters. The van der Waals surface area contributed by atoms with Crippen LogP contribution in [0.1, 0.15) is 41.8 Å². The molecular weight excluding hydrogens is 484 g/mol. The third-order valence-corrected chi connectivity index (χ3v) is 7.15. The standard InChI is InChI=1S/C23H26N8O2S2/c1-15-17(7-5-11-25-15)13-19(33)27-23-31-29-21(35-23)9-3-2-8-20-28-30-22(34-20)26-18(32)12-16-6-4-10-24-14-16/h4-7,10-11,14-15,17H,2-3,8-9,12-13H2,1H3,(H,26,30,32)(H,27,31,33). The largest absolute Gasteiger partial charge is 0.301 e. The van der Waals surface area contributed by atoms with Gasteiger partial charge in [-0.05, 0) is 37.5 Å². The SMILES string of the molecule is CC1N=CC=CC1CC(=O)Nc1nnc(CCCCc2nnc(NC(=O)Cc3cccnc3)s2)s1. The second kappa shape index (κ2) is 12.4. The van der Waals surface area contributed by atoms with Crippen molar-refractivity contribution in [3.63, 3.8) is 0 Å². The van der Waals surface area contributed by atoms with Crippen LogP contribution in [0.2, 0.25) is 0 Å². The fourth-order valence-corrected chi connectivity index (χ4v) is 5.08. The Morgan fingerprint density at radius 3 is 2.29 bits per heavy atom. The molecule has 3 aromatic heterocycles. The summed E-state index contributed by atoms with van der Waals surface area (Å²) in [4.78, 5) is 32.8. The Balaban J connectivity index is 1.14. The molecule has 0 bridgehead atoms. The van der Waals surface area contributed by atoms with Crippen LogP contribution in [0.15, 0.2) is 41.7 Å². The smallest absolute Gasteiger partial charge is 0.230 e. The number of carbonyl (C=O) groups excluding carboxylic acids is 2. The summed E-state index contributed by atoms with van der Waals surface area (Å²) >= 11 is 2.79. The van der Waals surface area contributed by atoms with E-state index in [4.69, 9.17) is 0 Å².